The number of fused-ring (bicyclic) bond motifs is 1. The van der Waals surface area contributed by atoms with E-state index in [1.54, 1.807) is 11.0 Å². The Kier molecular flexibility index (Phi) is 3.29. The van der Waals surface area contributed by atoms with Gasteiger partial charge in [0.2, 0.25) is 5.91 Å². The van der Waals surface area contributed by atoms with Crippen LogP contribution in [0.1, 0.15) is 12.5 Å². The quantitative estimate of drug-likeness (QED) is 0.638. The van der Waals surface area contributed by atoms with E-state index in [2.05, 4.69) is 0 Å². The van der Waals surface area contributed by atoms with E-state index in [0.29, 0.717) is 13.1 Å². The Hall–Kier alpha value is -1.95. The molecule has 1 heterocycles. The number of nitrogens with zero attached hydrogens (tertiary/aromatic N) is 2. The van der Waals surface area contributed by atoms with Crippen LogP contribution in [-0.4, -0.2) is 23.9 Å². The first kappa shape index (κ1) is 12.5. The first-order chi connectivity index (χ1) is 8.52. The number of nitro benzene ring substituents is 1. The number of nitro groups is 1. The molecule has 1 amide bonds. The lowest BCUT2D eigenvalue weighted by atomic mass is 10.1. The first-order valence-corrected chi connectivity index (χ1v) is 5.80. The van der Waals surface area contributed by atoms with Gasteiger partial charge >= 0.3 is 0 Å². The van der Waals surface area contributed by atoms with Gasteiger partial charge in [0.05, 0.1) is 11.3 Å². The van der Waals surface area contributed by atoms with Crippen molar-refractivity contribution in [3.63, 3.8) is 0 Å². The summed E-state index contributed by atoms with van der Waals surface area (Å²) in [6, 6.07) is 4.54. The molecule has 0 saturated carbocycles. The highest BCUT2D eigenvalue weighted by Gasteiger charge is 2.29. The van der Waals surface area contributed by atoms with Gasteiger partial charge in [-0.1, -0.05) is 6.92 Å². The molecule has 1 unspecified atom stereocenters. The smallest absolute Gasteiger partial charge is 0.269 e. The van der Waals surface area contributed by atoms with Crippen molar-refractivity contribution in [1.82, 2.24) is 0 Å². The fourth-order valence-electron chi connectivity index (χ4n) is 2.07. The van der Waals surface area contributed by atoms with Crippen molar-refractivity contribution in [2.24, 2.45) is 11.7 Å². The number of hydrogen-bond donors (Lipinski definition) is 1. The third-order valence-corrected chi connectivity index (χ3v) is 3.10. The van der Waals surface area contributed by atoms with Gasteiger partial charge in [0.25, 0.3) is 5.69 Å². The summed E-state index contributed by atoms with van der Waals surface area (Å²) < 4.78 is 0. The number of anilines is 1. The van der Waals surface area contributed by atoms with Crippen LogP contribution in [0.5, 0.6) is 0 Å². The Morgan fingerprint density at radius 1 is 1.56 bits per heavy atom. The molecule has 1 atom stereocenters. The van der Waals surface area contributed by atoms with Crippen LogP contribution >= 0.6 is 0 Å². The lowest BCUT2D eigenvalue weighted by molar-refractivity contribution is -0.384. The van der Waals surface area contributed by atoms with Crippen molar-refractivity contribution in [2.75, 3.05) is 18.0 Å². The highest BCUT2D eigenvalue weighted by atomic mass is 16.6. The Bertz CT molecular complexity index is 501. The zero-order chi connectivity index (χ0) is 13.3. The summed E-state index contributed by atoms with van der Waals surface area (Å²) in [6.07, 6.45) is 0.230. The average molecular weight is 249 g/mol. The van der Waals surface area contributed by atoms with Crippen molar-refractivity contribution < 1.29 is 9.72 Å². The third-order valence-electron chi connectivity index (χ3n) is 3.10. The summed E-state index contributed by atoms with van der Waals surface area (Å²) in [5.74, 6) is 0.181. The molecule has 0 spiro atoms. The van der Waals surface area contributed by atoms with Crippen LogP contribution in [0.4, 0.5) is 11.4 Å². The number of carbonyl (C=O) groups excluding carboxylic acids is 1. The molecular weight excluding hydrogens is 234 g/mol. The van der Waals surface area contributed by atoms with Crippen molar-refractivity contribution in [3.8, 4) is 0 Å². The van der Waals surface area contributed by atoms with Gasteiger partial charge in [0, 0.05) is 24.4 Å². The lowest BCUT2D eigenvalue weighted by Gasteiger charge is -2.20. The minimum atomic E-state index is -0.448. The lowest BCUT2D eigenvalue weighted by Crippen LogP contribution is -2.33. The molecule has 96 valence electrons. The molecule has 0 bridgehead atoms. The number of benzene rings is 1. The van der Waals surface area contributed by atoms with E-state index >= 15 is 0 Å². The topological polar surface area (TPSA) is 89.5 Å². The molecule has 0 aromatic heterocycles. The number of rotatable bonds is 4. The molecule has 2 N–H and O–H groups in total. The normalized spacial score (nSPS) is 15.7. The molecule has 2 rings (SSSR count). The molecular formula is C12H15N3O3. The Labute approximate surface area is 105 Å². The van der Waals surface area contributed by atoms with Crippen molar-refractivity contribution in [3.05, 3.63) is 33.9 Å². The van der Waals surface area contributed by atoms with E-state index in [4.69, 9.17) is 5.73 Å². The Morgan fingerprint density at radius 2 is 2.28 bits per heavy atom. The van der Waals surface area contributed by atoms with Crippen LogP contribution in [0.2, 0.25) is 0 Å². The van der Waals surface area contributed by atoms with Gasteiger partial charge in [-0.3, -0.25) is 14.9 Å². The van der Waals surface area contributed by atoms with Crippen LogP contribution in [-0.2, 0) is 11.2 Å². The van der Waals surface area contributed by atoms with E-state index in [-0.39, 0.29) is 23.9 Å². The molecule has 1 aliphatic heterocycles. The third kappa shape index (κ3) is 2.19. The predicted molar refractivity (Wildman–Crippen MR) is 67.4 cm³/mol. The summed E-state index contributed by atoms with van der Waals surface area (Å²) in [5.41, 5.74) is 7.07. The van der Waals surface area contributed by atoms with Crippen LogP contribution in [0.3, 0.4) is 0 Å². The predicted octanol–water partition coefficient (Wildman–Crippen LogP) is 1.08. The highest BCUT2D eigenvalue weighted by molar-refractivity contribution is 6.01. The molecule has 0 radical (unpaired) electrons. The zero-order valence-corrected chi connectivity index (χ0v) is 10.1. The summed E-state index contributed by atoms with van der Waals surface area (Å²) >= 11 is 0. The van der Waals surface area contributed by atoms with Crippen molar-refractivity contribution >= 4 is 17.3 Å². The summed E-state index contributed by atoms with van der Waals surface area (Å²) in [6.45, 7) is 3.03. The van der Waals surface area contributed by atoms with Gasteiger partial charge in [-0.15, -0.1) is 0 Å². The zero-order valence-electron chi connectivity index (χ0n) is 10.1. The van der Waals surface area contributed by atoms with E-state index in [9.17, 15) is 14.9 Å². The second-order valence-electron chi connectivity index (χ2n) is 4.59. The second kappa shape index (κ2) is 4.73. The molecule has 1 aromatic rings. The number of nitrogens with two attached hydrogens (primary N) is 1. The van der Waals surface area contributed by atoms with Gasteiger partial charge in [0.15, 0.2) is 0 Å². The van der Waals surface area contributed by atoms with Crippen LogP contribution < -0.4 is 10.6 Å². The molecule has 1 aromatic carbocycles. The van der Waals surface area contributed by atoms with Gasteiger partial charge in [-0.2, -0.15) is 0 Å². The van der Waals surface area contributed by atoms with Gasteiger partial charge in [0.1, 0.15) is 0 Å². The second-order valence-corrected chi connectivity index (χ2v) is 4.59. The molecule has 1 aliphatic rings. The maximum absolute atomic E-state index is 11.9. The van der Waals surface area contributed by atoms with Gasteiger partial charge in [-0.25, -0.2) is 0 Å². The van der Waals surface area contributed by atoms with Crippen LogP contribution in [0.15, 0.2) is 18.2 Å². The summed E-state index contributed by atoms with van der Waals surface area (Å²) in [4.78, 5) is 23.8. The largest absolute Gasteiger partial charge is 0.330 e. The standard InChI is InChI=1S/C12H15N3O3/c1-8(6-13)7-14-11-3-2-10(15(17)18)4-9(11)5-12(14)16/h2-4,8H,5-7,13H2,1H3. The van der Waals surface area contributed by atoms with Gasteiger partial charge in [-0.05, 0) is 24.1 Å². The number of hydrogen-bond acceptors (Lipinski definition) is 4. The van der Waals surface area contributed by atoms with E-state index in [1.165, 1.54) is 12.1 Å². The monoisotopic (exact) mass is 249 g/mol. The van der Waals surface area contributed by atoms with E-state index in [0.717, 1.165) is 11.3 Å². The Balaban J connectivity index is 2.29. The molecule has 6 nitrogen and oxygen atoms in total. The maximum atomic E-state index is 11.9. The maximum Gasteiger partial charge on any atom is 0.269 e. The summed E-state index contributed by atoms with van der Waals surface area (Å²) in [5, 5.41) is 10.7. The SMILES string of the molecule is CC(CN)CN1C(=O)Cc2cc([N+](=O)[O-])ccc21. The number of carbonyl (C=O) groups is 1. The molecule has 18 heavy (non-hydrogen) atoms. The first-order valence-electron chi connectivity index (χ1n) is 5.80. The Morgan fingerprint density at radius 3 is 2.89 bits per heavy atom. The molecule has 0 aliphatic carbocycles. The van der Waals surface area contributed by atoms with Gasteiger partial charge < -0.3 is 10.6 Å². The average Bonchev–Trinajstić information content (AvgIpc) is 2.64. The summed E-state index contributed by atoms with van der Waals surface area (Å²) in [7, 11) is 0. The molecule has 0 fully saturated rings. The minimum absolute atomic E-state index is 0.0224. The van der Waals surface area contributed by atoms with Crippen LogP contribution in [0, 0.1) is 16.0 Å². The number of non-ortho nitro benzene ring substituents is 1. The minimum Gasteiger partial charge on any atom is -0.330 e. The van der Waals surface area contributed by atoms with Crippen molar-refractivity contribution in [2.45, 2.75) is 13.3 Å². The molecule has 0 saturated heterocycles. The van der Waals surface area contributed by atoms with E-state index in [1.807, 2.05) is 6.92 Å². The van der Waals surface area contributed by atoms with E-state index < -0.39 is 4.92 Å². The number of amides is 1. The van der Waals surface area contributed by atoms with Crippen LogP contribution in [0.25, 0.3) is 0 Å². The van der Waals surface area contributed by atoms with Crippen molar-refractivity contribution in [1.29, 1.82) is 0 Å². The highest BCUT2D eigenvalue weighted by Crippen LogP contribution is 2.32. The fraction of sp³-hybridized carbons (Fsp3) is 0.417. The fourth-order valence-corrected chi connectivity index (χ4v) is 2.07. The molecule has 6 heteroatoms.